The van der Waals surface area contributed by atoms with Gasteiger partial charge in [-0.3, -0.25) is 9.59 Å². The minimum absolute atomic E-state index is 0.199. The summed E-state index contributed by atoms with van der Waals surface area (Å²) in [5.41, 5.74) is 4.46. The topological polar surface area (TPSA) is 111 Å². The molecule has 3 amide bonds. The largest absolute Gasteiger partial charge is 0.413 e. The van der Waals surface area contributed by atoms with Crippen molar-refractivity contribution in [1.29, 1.82) is 0 Å². The van der Waals surface area contributed by atoms with Crippen LogP contribution in [0.5, 0.6) is 0 Å². The van der Waals surface area contributed by atoms with Gasteiger partial charge in [-0.2, -0.15) is 0 Å². The number of carbonyl (C=O) groups excluding carboxylic acids is 3. The van der Waals surface area contributed by atoms with Gasteiger partial charge in [0.15, 0.2) is 0 Å². The Morgan fingerprint density at radius 1 is 1.26 bits per heavy atom. The number of hydrogen-bond donors (Lipinski definition) is 3. The molecule has 0 aromatic rings. The minimum atomic E-state index is -1.30. The number of nitrogens with two attached hydrogens (primary N) is 1. The van der Waals surface area contributed by atoms with Crippen LogP contribution < -0.4 is 16.4 Å². The van der Waals surface area contributed by atoms with Crippen LogP contribution in [-0.2, 0) is 14.3 Å². The normalized spacial score (nSPS) is 14.2. The van der Waals surface area contributed by atoms with Gasteiger partial charge < -0.3 is 21.1 Å². The standard InChI is InChI=1S/C11H21N3O4S/c1-7(15)13-6-8(16)14-11(19-5,10(2,3)4)18-9(12)17/h6H2,1-5H3,(H2,12,17)(H,13,15)(H,14,16). The van der Waals surface area contributed by atoms with Gasteiger partial charge in [0.25, 0.3) is 0 Å². The predicted octanol–water partition coefficient (Wildman–Crippen LogP) is 0.397. The Balaban J connectivity index is 4.99. The number of thioether (sulfide) groups is 1. The van der Waals surface area contributed by atoms with E-state index in [0.29, 0.717) is 0 Å². The highest BCUT2D eigenvalue weighted by Crippen LogP contribution is 2.39. The molecule has 0 radical (unpaired) electrons. The summed E-state index contributed by atoms with van der Waals surface area (Å²) in [6.07, 6.45) is 0.705. The van der Waals surface area contributed by atoms with Gasteiger partial charge in [-0.05, 0) is 6.26 Å². The smallest absolute Gasteiger partial charge is 0.407 e. The highest BCUT2D eigenvalue weighted by molar-refractivity contribution is 7.99. The number of ether oxygens (including phenoxy) is 1. The van der Waals surface area contributed by atoms with Crippen molar-refractivity contribution in [2.45, 2.75) is 32.8 Å². The lowest BCUT2D eigenvalue weighted by atomic mass is 9.93. The Kier molecular flexibility index (Phi) is 6.14. The van der Waals surface area contributed by atoms with Crippen LogP contribution in [0.15, 0.2) is 0 Å². The zero-order chi connectivity index (χ0) is 15.3. The Morgan fingerprint density at radius 2 is 1.79 bits per heavy atom. The molecule has 110 valence electrons. The van der Waals surface area contributed by atoms with Gasteiger partial charge in [0.2, 0.25) is 16.9 Å². The van der Waals surface area contributed by atoms with Crippen LogP contribution in [0.4, 0.5) is 4.79 Å². The lowest BCUT2D eigenvalue weighted by Crippen LogP contribution is -2.59. The molecule has 0 aromatic heterocycles. The van der Waals surface area contributed by atoms with E-state index in [4.69, 9.17) is 10.5 Å². The quantitative estimate of drug-likeness (QED) is 0.635. The first-order valence-corrected chi connectivity index (χ1v) is 6.85. The van der Waals surface area contributed by atoms with Crippen molar-refractivity contribution >= 4 is 29.7 Å². The van der Waals surface area contributed by atoms with Crippen molar-refractivity contribution in [1.82, 2.24) is 10.6 Å². The molecule has 7 nitrogen and oxygen atoms in total. The van der Waals surface area contributed by atoms with E-state index in [2.05, 4.69) is 10.6 Å². The van der Waals surface area contributed by atoms with Crippen LogP contribution >= 0.6 is 11.8 Å². The van der Waals surface area contributed by atoms with Crippen molar-refractivity contribution in [2.75, 3.05) is 12.8 Å². The summed E-state index contributed by atoms with van der Waals surface area (Å²) in [5.74, 6) is -0.794. The number of carbonyl (C=O) groups is 3. The molecule has 0 saturated carbocycles. The van der Waals surface area contributed by atoms with E-state index in [9.17, 15) is 14.4 Å². The van der Waals surface area contributed by atoms with Gasteiger partial charge in [-0.25, -0.2) is 4.79 Å². The van der Waals surface area contributed by atoms with Gasteiger partial charge in [0.1, 0.15) is 0 Å². The number of nitrogens with one attached hydrogen (secondary N) is 2. The van der Waals surface area contributed by atoms with Gasteiger partial charge in [-0.15, -0.1) is 0 Å². The molecule has 19 heavy (non-hydrogen) atoms. The van der Waals surface area contributed by atoms with E-state index in [-0.39, 0.29) is 12.5 Å². The molecule has 0 fully saturated rings. The first kappa shape index (κ1) is 17.6. The van der Waals surface area contributed by atoms with Gasteiger partial charge in [0, 0.05) is 12.3 Å². The summed E-state index contributed by atoms with van der Waals surface area (Å²) in [4.78, 5) is 33.6. The van der Waals surface area contributed by atoms with E-state index >= 15 is 0 Å². The van der Waals surface area contributed by atoms with Crippen LogP contribution in [0.2, 0.25) is 0 Å². The third-order valence-electron chi connectivity index (χ3n) is 2.32. The van der Waals surface area contributed by atoms with Gasteiger partial charge in [0.05, 0.1) is 6.54 Å². The molecule has 0 heterocycles. The first-order chi connectivity index (χ1) is 8.54. The molecule has 1 atom stereocenters. The molecule has 0 rings (SSSR count). The third-order valence-corrected chi connectivity index (χ3v) is 3.69. The van der Waals surface area contributed by atoms with Crippen LogP contribution in [0.25, 0.3) is 0 Å². The maximum Gasteiger partial charge on any atom is 0.407 e. The highest BCUT2D eigenvalue weighted by Gasteiger charge is 2.46. The molecular weight excluding hydrogens is 270 g/mol. The number of rotatable bonds is 5. The maximum atomic E-state index is 11.8. The lowest BCUT2D eigenvalue weighted by molar-refractivity contribution is -0.130. The fourth-order valence-electron chi connectivity index (χ4n) is 1.34. The number of amides is 3. The first-order valence-electron chi connectivity index (χ1n) is 5.63. The van der Waals surface area contributed by atoms with E-state index in [1.54, 1.807) is 27.0 Å². The molecule has 0 saturated heterocycles. The van der Waals surface area contributed by atoms with Gasteiger partial charge >= 0.3 is 6.09 Å². The summed E-state index contributed by atoms with van der Waals surface area (Å²) in [5, 5.41) is 3.66. The average Bonchev–Trinajstić information content (AvgIpc) is 2.23. The van der Waals surface area contributed by atoms with E-state index in [0.717, 1.165) is 11.8 Å². The summed E-state index contributed by atoms with van der Waals surface area (Å²) in [6.45, 7) is 6.50. The van der Waals surface area contributed by atoms with Crippen LogP contribution in [-0.4, -0.2) is 35.8 Å². The Hall–Kier alpha value is -1.44. The Morgan fingerprint density at radius 3 is 2.11 bits per heavy atom. The van der Waals surface area contributed by atoms with Crippen molar-refractivity contribution in [3.63, 3.8) is 0 Å². The molecule has 0 aliphatic rings. The van der Waals surface area contributed by atoms with Gasteiger partial charge in [-0.1, -0.05) is 32.5 Å². The molecule has 0 aromatic carbocycles. The molecule has 8 heteroatoms. The summed E-state index contributed by atoms with van der Waals surface area (Å²) >= 11 is 1.15. The van der Waals surface area contributed by atoms with Crippen molar-refractivity contribution in [2.24, 2.45) is 11.1 Å². The highest BCUT2D eigenvalue weighted by atomic mass is 32.2. The molecular formula is C11H21N3O4S. The third kappa shape index (κ3) is 5.37. The average molecular weight is 291 g/mol. The number of primary amides is 1. The van der Waals surface area contributed by atoms with Crippen LogP contribution in [0, 0.1) is 5.41 Å². The zero-order valence-electron chi connectivity index (χ0n) is 11.8. The Labute approximate surface area is 117 Å². The van der Waals surface area contributed by atoms with Crippen molar-refractivity contribution < 1.29 is 19.1 Å². The van der Waals surface area contributed by atoms with E-state index in [1.165, 1.54) is 6.92 Å². The predicted molar refractivity (Wildman–Crippen MR) is 73.2 cm³/mol. The summed E-state index contributed by atoms with van der Waals surface area (Å²) in [7, 11) is 0. The lowest BCUT2D eigenvalue weighted by Gasteiger charge is -2.42. The molecule has 4 N–H and O–H groups in total. The SMILES string of the molecule is CSC(NC(=O)CNC(C)=O)(OC(N)=O)C(C)(C)C. The monoisotopic (exact) mass is 291 g/mol. The van der Waals surface area contributed by atoms with Crippen molar-refractivity contribution in [3.05, 3.63) is 0 Å². The summed E-state index contributed by atoms with van der Waals surface area (Å²) in [6, 6.07) is 0. The second kappa shape index (κ2) is 6.65. The zero-order valence-corrected chi connectivity index (χ0v) is 12.6. The van der Waals surface area contributed by atoms with Crippen molar-refractivity contribution in [3.8, 4) is 0 Å². The molecule has 1 unspecified atom stereocenters. The Bertz CT molecular complexity index is 367. The molecule has 0 spiro atoms. The molecule has 0 aliphatic heterocycles. The number of hydrogen-bond acceptors (Lipinski definition) is 5. The van der Waals surface area contributed by atoms with E-state index in [1.807, 2.05) is 0 Å². The fraction of sp³-hybridized carbons (Fsp3) is 0.727. The minimum Gasteiger partial charge on any atom is -0.413 e. The maximum absolute atomic E-state index is 11.8. The molecule has 0 bridgehead atoms. The van der Waals surface area contributed by atoms with Crippen LogP contribution in [0.1, 0.15) is 27.7 Å². The van der Waals surface area contributed by atoms with Crippen LogP contribution in [0.3, 0.4) is 0 Å². The second-order valence-corrected chi connectivity index (χ2v) is 5.93. The van der Waals surface area contributed by atoms with E-state index < -0.39 is 22.5 Å². The second-order valence-electron chi connectivity index (χ2n) is 4.95. The molecule has 0 aliphatic carbocycles. The summed E-state index contributed by atoms with van der Waals surface area (Å²) < 4.78 is 5.09. The fourth-order valence-corrected chi connectivity index (χ4v) is 2.33.